The Kier molecular flexibility index (Phi) is 4.39. The second kappa shape index (κ2) is 6.61. The van der Waals surface area contributed by atoms with E-state index in [1.165, 1.54) is 9.36 Å². The Bertz CT molecular complexity index is 739. The second-order valence-corrected chi connectivity index (χ2v) is 6.60. The third-order valence-corrected chi connectivity index (χ3v) is 4.91. The number of rotatable bonds is 3. The molecule has 108 valence electrons. The van der Waals surface area contributed by atoms with Crippen molar-refractivity contribution in [1.82, 2.24) is 4.90 Å². The fourth-order valence-electron chi connectivity index (χ4n) is 2.24. The first-order valence-electron chi connectivity index (χ1n) is 6.92. The van der Waals surface area contributed by atoms with E-state index >= 15 is 0 Å². The minimum atomic E-state index is -0.212. The van der Waals surface area contributed by atoms with Crippen molar-refractivity contribution < 1.29 is 9.59 Å². The summed E-state index contributed by atoms with van der Waals surface area (Å²) in [5.74, 6) is 2.64. The summed E-state index contributed by atoms with van der Waals surface area (Å²) in [5, 5.41) is 0. The predicted octanol–water partition coefficient (Wildman–Crippen LogP) is 1.66. The standard InChI is InChI=1S/C18H13NO2Se/c20-17-15-10-4-5-11-16(15)18(21)19(17)12-6-7-13-22-14-8-2-1-3-9-14/h1-5,8-11H,6,12H2. The molecule has 1 aliphatic rings. The Morgan fingerprint density at radius 3 is 2.09 bits per heavy atom. The molecule has 22 heavy (non-hydrogen) atoms. The number of fused-ring (bicyclic) bond motifs is 1. The molecule has 0 aliphatic carbocycles. The van der Waals surface area contributed by atoms with Gasteiger partial charge in [-0.2, -0.15) is 0 Å². The van der Waals surface area contributed by atoms with E-state index in [9.17, 15) is 9.59 Å². The Labute approximate surface area is 135 Å². The van der Waals surface area contributed by atoms with Gasteiger partial charge < -0.3 is 0 Å². The van der Waals surface area contributed by atoms with E-state index in [1.54, 1.807) is 24.3 Å². The fourth-order valence-corrected chi connectivity index (χ4v) is 3.47. The van der Waals surface area contributed by atoms with Crippen LogP contribution in [-0.4, -0.2) is 38.2 Å². The average molecular weight is 354 g/mol. The molecule has 3 nitrogen and oxygen atoms in total. The van der Waals surface area contributed by atoms with Crippen molar-refractivity contribution in [2.24, 2.45) is 0 Å². The van der Waals surface area contributed by atoms with E-state index in [1.807, 2.05) is 18.2 Å². The van der Waals surface area contributed by atoms with Gasteiger partial charge in [0.1, 0.15) is 0 Å². The van der Waals surface area contributed by atoms with Gasteiger partial charge in [-0.1, -0.05) is 0 Å². The molecule has 0 spiro atoms. The zero-order chi connectivity index (χ0) is 15.4. The third-order valence-electron chi connectivity index (χ3n) is 3.32. The molecule has 1 heterocycles. The molecule has 1 aliphatic heterocycles. The van der Waals surface area contributed by atoms with Gasteiger partial charge in [-0.05, 0) is 0 Å². The first-order chi connectivity index (χ1) is 10.8. The van der Waals surface area contributed by atoms with Crippen molar-refractivity contribution >= 4 is 31.2 Å². The van der Waals surface area contributed by atoms with Crippen LogP contribution in [0, 0.1) is 10.7 Å². The molecule has 0 bridgehead atoms. The van der Waals surface area contributed by atoms with Crippen molar-refractivity contribution in [3.63, 3.8) is 0 Å². The quantitative estimate of drug-likeness (QED) is 0.478. The molecule has 0 aromatic heterocycles. The van der Waals surface area contributed by atoms with Crippen LogP contribution in [0.3, 0.4) is 0 Å². The van der Waals surface area contributed by atoms with E-state index in [0.29, 0.717) is 24.1 Å². The van der Waals surface area contributed by atoms with Gasteiger partial charge in [-0.3, -0.25) is 0 Å². The number of amides is 2. The van der Waals surface area contributed by atoms with Crippen LogP contribution in [-0.2, 0) is 0 Å². The first-order valence-corrected chi connectivity index (χ1v) is 8.63. The van der Waals surface area contributed by atoms with E-state index < -0.39 is 0 Å². The summed E-state index contributed by atoms with van der Waals surface area (Å²) >= 11 is 0.114. The van der Waals surface area contributed by atoms with E-state index in [0.717, 1.165) is 0 Å². The molecule has 0 saturated heterocycles. The molecule has 4 heteroatoms. The maximum atomic E-state index is 12.2. The number of benzene rings is 2. The van der Waals surface area contributed by atoms with Gasteiger partial charge in [0, 0.05) is 0 Å². The summed E-state index contributed by atoms with van der Waals surface area (Å²) in [6.45, 7) is 0.351. The molecule has 2 amide bonds. The Hall–Kier alpha value is -2.34. The van der Waals surface area contributed by atoms with Crippen molar-refractivity contribution in [2.75, 3.05) is 6.54 Å². The fraction of sp³-hybridized carbons (Fsp3) is 0.111. The summed E-state index contributed by atoms with van der Waals surface area (Å²) in [4.78, 5) is 28.7. The number of imide groups is 1. The van der Waals surface area contributed by atoms with E-state index in [2.05, 4.69) is 22.9 Å². The second-order valence-electron chi connectivity index (χ2n) is 4.75. The number of carbonyl (C=O) groups is 2. The molecular formula is C18H13NO2Se. The molecule has 0 unspecified atom stereocenters. The van der Waals surface area contributed by atoms with Crippen LogP contribution < -0.4 is 4.46 Å². The van der Waals surface area contributed by atoms with Gasteiger partial charge in [-0.15, -0.1) is 0 Å². The van der Waals surface area contributed by atoms with Gasteiger partial charge >= 0.3 is 135 Å². The molecule has 0 radical (unpaired) electrons. The van der Waals surface area contributed by atoms with Crippen LogP contribution in [0.25, 0.3) is 0 Å². The normalized spacial score (nSPS) is 12.8. The number of hydrogen-bond acceptors (Lipinski definition) is 2. The summed E-state index contributed by atoms with van der Waals surface area (Å²) < 4.78 is 1.23. The molecular weight excluding hydrogens is 341 g/mol. The number of carbonyl (C=O) groups excluding carboxylic acids is 2. The van der Waals surface area contributed by atoms with Crippen LogP contribution >= 0.6 is 0 Å². The molecule has 2 aromatic carbocycles. The van der Waals surface area contributed by atoms with Crippen molar-refractivity contribution in [2.45, 2.75) is 6.42 Å². The number of hydrogen-bond donors (Lipinski definition) is 0. The predicted molar refractivity (Wildman–Crippen MR) is 86.0 cm³/mol. The summed E-state index contributed by atoms with van der Waals surface area (Å²) in [5.41, 5.74) is 0.989. The van der Waals surface area contributed by atoms with Gasteiger partial charge in [0.25, 0.3) is 0 Å². The molecule has 0 fully saturated rings. The van der Waals surface area contributed by atoms with E-state index in [-0.39, 0.29) is 26.8 Å². The topological polar surface area (TPSA) is 37.4 Å². The van der Waals surface area contributed by atoms with Gasteiger partial charge in [0.2, 0.25) is 0 Å². The van der Waals surface area contributed by atoms with Crippen molar-refractivity contribution in [3.8, 4) is 10.7 Å². The van der Waals surface area contributed by atoms with Crippen LogP contribution in [0.5, 0.6) is 0 Å². The minimum absolute atomic E-state index is 0.114. The first kappa shape index (κ1) is 14.6. The van der Waals surface area contributed by atoms with Crippen LogP contribution in [0.15, 0.2) is 54.6 Å². The zero-order valence-corrected chi connectivity index (χ0v) is 13.5. The van der Waals surface area contributed by atoms with Crippen LogP contribution in [0.4, 0.5) is 0 Å². The van der Waals surface area contributed by atoms with Gasteiger partial charge in [0.05, 0.1) is 0 Å². The van der Waals surface area contributed by atoms with Crippen LogP contribution in [0.2, 0.25) is 0 Å². The van der Waals surface area contributed by atoms with Gasteiger partial charge in [0.15, 0.2) is 0 Å². The Morgan fingerprint density at radius 1 is 0.864 bits per heavy atom. The summed E-state index contributed by atoms with van der Waals surface area (Å²) in [6, 6.07) is 17.0. The zero-order valence-electron chi connectivity index (χ0n) is 11.8. The van der Waals surface area contributed by atoms with E-state index in [4.69, 9.17) is 0 Å². The molecule has 3 rings (SSSR count). The van der Waals surface area contributed by atoms with Crippen molar-refractivity contribution in [1.29, 1.82) is 0 Å². The van der Waals surface area contributed by atoms with Gasteiger partial charge in [-0.25, -0.2) is 0 Å². The summed E-state index contributed by atoms with van der Waals surface area (Å²) in [7, 11) is 0. The molecule has 0 saturated carbocycles. The third kappa shape index (κ3) is 2.96. The van der Waals surface area contributed by atoms with Crippen molar-refractivity contribution in [3.05, 3.63) is 65.7 Å². The summed E-state index contributed by atoms with van der Waals surface area (Å²) in [6.07, 6.45) is 0.514. The monoisotopic (exact) mass is 355 g/mol. The molecule has 0 atom stereocenters. The average Bonchev–Trinajstić information content (AvgIpc) is 2.81. The Morgan fingerprint density at radius 2 is 1.45 bits per heavy atom. The number of nitrogens with zero attached hydrogens (tertiary/aromatic N) is 1. The van der Waals surface area contributed by atoms with Crippen LogP contribution in [0.1, 0.15) is 27.1 Å². The molecule has 2 aromatic rings. The maximum absolute atomic E-state index is 12.2. The SMILES string of the molecule is O=C1c2ccccc2C(=O)N1CCC#C[Se]c1ccccc1. The Balaban J connectivity index is 1.58. The molecule has 0 N–H and O–H groups in total.